The van der Waals surface area contributed by atoms with Crippen LogP contribution in [0.25, 0.3) is 0 Å². The van der Waals surface area contributed by atoms with E-state index in [1.165, 1.54) is 0 Å². The van der Waals surface area contributed by atoms with Crippen molar-refractivity contribution in [3.05, 3.63) is 40.4 Å². The Morgan fingerprint density at radius 3 is 3.11 bits per heavy atom. The molecule has 0 aliphatic heterocycles. The van der Waals surface area contributed by atoms with Crippen molar-refractivity contribution in [2.24, 2.45) is 5.10 Å². The lowest BCUT2D eigenvalue weighted by atomic mass is 10.2. The molecule has 0 saturated heterocycles. The molecule has 3 rings (SSSR count). The number of benzene rings is 1. The van der Waals surface area contributed by atoms with Crippen molar-refractivity contribution >= 4 is 18.4 Å². The molecular formula is C13H14N4OS. The molecule has 1 aliphatic carbocycles. The largest absolute Gasteiger partial charge is 0.497 e. The van der Waals surface area contributed by atoms with Crippen LogP contribution in [0.15, 0.2) is 29.4 Å². The number of H-pyrrole nitrogens is 1. The average Bonchev–Trinajstić information content (AvgIpc) is 3.21. The van der Waals surface area contributed by atoms with Crippen molar-refractivity contribution in [3.63, 3.8) is 0 Å². The van der Waals surface area contributed by atoms with E-state index in [1.54, 1.807) is 18.0 Å². The summed E-state index contributed by atoms with van der Waals surface area (Å²) in [4.78, 5) is 0. The van der Waals surface area contributed by atoms with Gasteiger partial charge in [0.15, 0.2) is 5.82 Å². The van der Waals surface area contributed by atoms with Crippen molar-refractivity contribution in [3.8, 4) is 5.75 Å². The molecule has 1 aliphatic rings. The van der Waals surface area contributed by atoms with Crippen LogP contribution in [0.2, 0.25) is 0 Å². The molecule has 2 aromatic rings. The summed E-state index contributed by atoms with van der Waals surface area (Å²) in [5, 5.41) is 11.4. The van der Waals surface area contributed by atoms with E-state index in [1.807, 2.05) is 24.3 Å². The number of aromatic nitrogens is 3. The molecule has 1 N–H and O–H groups in total. The van der Waals surface area contributed by atoms with Crippen LogP contribution < -0.4 is 4.74 Å². The van der Waals surface area contributed by atoms with Gasteiger partial charge in [-0.25, -0.2) is 0 Å². The van der Waals surface area contributed by atoms with Crippen molar-refractivity contribution in [1.82, 2.24) is 14.9 Å². The second kappa shape index (κ2) is 4.97. The summed E-state index contributed by atoms with van der Waals surface area (Å²) in [5.41, 5.74) is 0.962. The standard InChI is InChI=1S/C13H14N4OS/c1-18-11-4-2-3-9(7-11)8-14-17-12(10-5-6-10)15-16-13(17)19/h2-4,7-8,10H,5-6H2,1H3,(H,16,19)/b14-8-. The first-order chi connectivity index (χ1) is 9.28. The van der Waals surface area contributed by atoms with Gasteiger partial charge in [-0.2, -0.15) is 14.9 Å². The summed E-state index contributed by atoms with van der Waals surface area (Å²) < 4.78 is 7.41. The zero-order valence-electron chi connectivity index (χ0n) is 10.5. The normalized spacial score (nSPS) is 15.0. The van der Waals surface area contributed by atoms with E-state index < -0.39 is 0 Å². The first kappa shape index (κ1) is 12.1. The smallest absolute Gasteiger partial charge is 0.216 e. The molecule has 0 unspecified atom stereocenters. The van der Waals surface area contributed by atoms with Crippen molar-refractivity contribution in [2.75, 3.05) is 7.11 Å². The van der Waals surface area contributed by atoms with Crippen LogP contribution in [0.1, 0.15) is 30.1 Å². The fourth-order valence-electron chi connectivity index (χ4n) is 1.87. The zero-order valence-corrected chi connectivity index (χ0v) is 11.4. The summed E-state index contributed by atoms with van der Waals surface area (Å²) in [6.07, 6.45) is 4.09. The predicted molar refractivity (Wildman–Crippen MR) is 75.4 cm³/mol. The van der Waals surface area contributed by atoms with Crippen molar-refractivity contribution < 1.29 is 4.74 Å². The molecule has 1 heterocycles. The van der Waals surface area contributed by atoms with Crippen LogP contribution in [0.4, 0.5) is 0 Å². The molecule has 0 atom stereocenters. The lowest BCUT2D eigenvalue weighted by Crippen LogP contribution is -1.97. The maximum absolute atomic E-state index is 5.19. The minimum absolute atomic E-state index is 0.496. The number of aromatic amines is 1. The van der Waals surface area contributed by atoms with E-state index in [0.29, 0.717) is 10.7 Å². The first-order valence-corrected chi connectivity index (χ1v) is 6.54. The molecule has 1 fully saturated rings. The highest BCUT2D eigenvalue weighted by molar-refractivity contribution is 7.71. The molecule has 1 aromatic carbocycles. The SMILES string of the molecule is COc1cccc(/C=N\n2c(C3CC3)n[nH]c2=S)c1. The van der Waals surface area contributed by atoms with Crippen LogP contribution in [0.3, 0.4) is 0 Å². The molecule has 0 radical (unpaired) electrons. The maximum Gasteiger partial charge on any atom is 0.216 e. The van der Waals surface area contributed by atoms with Gasteiger partial charge in [-0.15, -0.1) is 0 Å². The number of hydrogen-bond acceptors (Lipinski definition) is 4. The Hall–Kier alpha value is -1.95. The first-order valence-electron chi connectivity index (χ1n) is 6.13. The lowest BCUT2D eigenvalue weighted by Gasteiger charge is -2.00. The molecule has 1 saturated carbocycles. The number of rotatable bonds is 4. The van der Waals surface area contributed by atoms with Gasteiger partial charge in [0.05, 0.1) is 13.3 Å². The van der Waals surface area contributed by atoms with Crippen molar-refractivity contribution in [2.45, 2.75) is 18.8 Å². The Labute approximate surface area is 115 Å². The van der Waals surface area contributed by atoms with E-state index in [-0.39, 0.29) is 0 Å². The summed E-state index contributed by atoms with van der Waals surface area (Å²) in [6, 6.07) is 7.71. The summed E-state index contributed by atoms with van der Waals surface area (Å²) in [5.74, 6) is 2.22. The second-order valence-electron chi connectivity index (χ2n) is 4.49. The molecule has 0 spiro atoms. The molecule has 6 heteroatoms. The Morgan fingerprint density at radius 1 is 1.53 bits per heavy atom. The molecule has 98 valence electrons. The van der Waals surface area contributed by atoms with E-state index in [9.17, 15) is 0 Å². The highest BCUT2D eigenvalue weighted by Gasteiger charge is 2.29. The van der Waals surface area contributed by atoms with Gasteiger partial charge < -0.3 is 4.74 Å². The van der Waals surface area contributed by atoms with Crippen LogP contribution in [-0.2, 0) is 0 Å². The van der Waals surface area contributed by atoms with Gasteiger partial charge in [-0.3, -0.25) is 5.10 Å². The topological polar surface area (TPSA) is 55.2 Å². The van der Waals surface area contributed by atoms with Gasteiger partial charge in [0.2, 0.25) is 4.77 Å². The fraction of sp³-hybridized carbons (Fsp3) is 0.308. The summed E-state index contributed by atoms with van der Waals surface area (Å²) in [7, 11) is 1.65. The van der Waals surface area contributed by atoms with Gasteiger partial charge in [-0.05, 0) is 42.8 Å². The lowest BCUT2D eigenvalue weighted by molar-refractivity contribution is 0.415. The molecule has 0 amide bonds. The highest BCUT2D eigenvalue weighted by Crippen LogP contribution is 2.38. The monoisotopic (exact) mass is 274 g/mol. The van der Waals surface area contributed by atoms with E-state index in [4.69, 9.17) is 17.0 Å². The van der Waals surface area contributed by atoms with Gasteiger partial charge in [-0.1, -0.05) is 12.1 Å². The van der Waals surface area contributed by atoms with E-state index in [0.717, 1.165) is 30.0 Å². The Balaban J connectivity index is 1.89. The molecule has 5 nitrogen and oxygen atoms in total. The van der Waals surface area contributed by atoms with E-state index >= 15 is 0 Å². The van der Waals surface area contributed by atoms with Gasteiger partial charge >= 0.3 is 0 Å². The summed E-state index contributed by atoms with van der Waals surface area (Å²) in [6.45, 7) is 0. The Kier molecular flexibility index (Phi) is 3.16. The minimum Gasteiger partial charge on any atom is -0.497 e. The molecular weight excluding hydrogens is 260 g/mol. The summed E-state index contributed by atoms with van der Waals surface area (Å²) >= 11 is 5.19. The maximum atomic E-state index is 5.19. The minimum atomic E-state index is 0.496. The number of nitrogens with one attached hydrogen (secondary N) is 1. The van der Waals surface area contributed by atoms with Crippen LogP contribution in [-0.4, -0.2) is 28.2 Å². The third-order valence-electron chi connectivity index (χ3n) is 3.03. The van der Waals surface area contributed by atoms with Gasteiger partial charge in [0.1, 0.15) is 5.75 Å². The number of hydrogen-bond donors (Lipinski definition) is 1. The van der Waals surface area contributed by atoms with Crippen LogP contribution in [0, 0.1) is 4.77 Å². The zero-order chi connectivity index (χ0) is 13.2. The third-order valence-corrected chi connectivity index (χ3v) is 3.30. The van der Waals surface area contributed by atoms with Gasteiger partial charge in [0, 0.05) is 5.92 Å². The Bertz CT molecular complexity index is 669. The number of ether oxygens (including phenoxy) is 1. The number of methoxy groups -OCH3 is 1. The van der Waals surface area contributed by atoms with Crippen LogP contribution >= 0.6 is 12.2 Å². The molecule has 1 aromatic heterocycles. The van der Waals surface area contributed by atoms with Gasteiger partial charge in [0.25, 0.3) is 0 Å². The quantitative estimate of drug-likeness (QED) is 0.689. The molecule has 19 heavy (non-hydrogen) atoms. The average molecular weight is 274 g/mol. The van der Waals surface area contributed by atoms with E-state index in [2.05, 4.69) is 15.3 Å². The fourth-order valence-corrected chi connectivity index (χ4v) is 2.05. The second-order valence-corrected chi connectivity index (χ2v) is 4.88. The number of nitrogens with zero attached hydrogens (tertiary/aromatic N) is 3. The highest BCUT2D eigenvalue weighted by atomic mass is 32.1. The van der Waals surface area contributed by atoms with Crippen LogP contribution in [0.5, 0.6) is 5.75 Å². The Morgan fingerprint density at radius 2 is 2.37 bits per heavy atom. The predicted octanol–water partition coefficient (Wildman–Crippen LogP) is 2.71. The van der Waals surface area contributed by atoms with Crippen molar-refractivity contribution in [1.29, 1.82) is 0 Å². The molecule has 0 bridgehead atoms. The third kappa shape index (κ3) is 2.58.